The predicted molar refractivity (Wildman–Crippen MR) is 117 cm³/mol. The van der Waals surface area contributed by atoms with E-state index in [1.54, 1.807) is 16.0 Å². The molecule has 0 radical (unpaired) electrons. The Morgan fingerprint density at radius 1 is 1.24 bits per heavy atom. The Morgan fingerprint density at radius 2 is 2.00 bits per heavy atom. The summed E-state index contributed by atoms with van der Waals surface area (Å²) < 4.78 is 1.56. The van der Waals surface area contributed by atoms with Crippen molar-refractivity contribution in [3.63, 3.8) is 0 Å². The standard InChI is InChI=1S/C20H20N6OS2/c1-10-3-5-12(6-4-10)15-11(2)29-19-16(15)18(27)22-14(23-19)9-28-20-25-24-17(26(20)21)13-7-8-13/h3-6,13H,7-9,21H2,1-2H3,(H,22,23,27). The molecule has 1 aliphatic carbocycles. The first-order valence-electron chi connectivity index (χ1n) is 9.44. The summed E-state index contributed by atoms with van der Waals surface area (Å²) >= 11 is 2.98. The number of benzene rings is 1. The van der Waals surface area contributed by atoms with Crippen LogP contribution in [-0.2, 0) is 5.75 Å². The van der Waals surface area contributed by atoms with E-state index in [2.05, 4.69) is 46.4 Å². The average molecular weight is 425 g/mol. The molecule has 5 rings (SSSR count). The number of hydrogen-bond acceptors (Lipinski definition) is 7. The number of nitrogen functional groups attached to an aromatic ring is 1. The Labute approximate surface area is 175 Å². The lowest BCUT2D eigenvalue weighted by Crippen LogP contribution is -2.14. The van der Waals surface area contributed by atoms with Crippen LogP contribution in [0.5, 0.6) is 0 Å². The van der Waals surface area contributed by atoms with Crippen molar-refractivity contribution in [2.75, 3.05) is 5.84 Å². The Morgan fingerprint density at radius 3 is 2.72 bits per heavy atom. The maximum absolute atomic E-state index is 12.9. The molecule has 1 aliphatic rings. The summed E-state index contributed by atoms with van der Waals surface area (Å²) in [6.07, 6.45) is 2.24. The normalized spacial score (nSPS) is 14.0. The number of rotatable bonds is 5. The van der Waals surface area contributed by atoms with Crippen molar-refractivity contribution < 1.29 is 0 Å². The number of fused-ring (bicyclic) bond motifs is 1. The van der Waals surface area contributed by atoms with Crippen LogP contribution in [0.4, 0.5) is 0 Å². The predicted octanol–water partition coefficient (Wildman–Crippen LogP) is 3.74. The topological polar surface area (TPSA) is 102 Å². The van der Waals surface area contributed by atoms with Crippen molar-refractivity contribution in [3.8, 4) is 11.1 Å². The molecule has 1 saturated carbocycles. The molecule has 0 unspecified atom stereocenters. The molecule has 3 N–H and O–H groups in total. The highest BCUT2D eigenvalue weighted by atomic mass is 32.2. The van der Waals surface area contributed by atoms with E-state index in [4.69, 9.17) is 10.8 Å². The number of H-pyrrole nitrogens is 1. The van der Waals surface area contributed by atoms with Gasteiger partial charge in [0.05, 0.1) is 11.1 Å². The van der Waals surface area contributed by atoms with E-state index < -0.39 is 0 Å². The van der Waals surface area contributed by atoms with E-state index >= 15 is 0 Å². The summed E-state index contributed by atoms with van der Waals surface area (Å²) in [5.41, 5.74) is 3.08. The van der Waals surface area contributed by atoms with Gasteiger partial charge in [-0.3, -0.25) is 4.79 Å². The minimum Gasteiger partial charge on any atom is -0.336 e. The molecule has 3 aromatic heterocycles. The Bertz CT molecular complexity index is 1270. The number of thiophene rings is 1. The van der Waals surface area contributed by atoms with Crippen LogP contribution in [-0.4, -0.2) is 24.8 Å². The first kappa shape index (κ1) is 18.4. The lowest BCUT2D eigenvalue weighted by atomic mass is 10.0. The van der Waals surface area contributed by atoms with Gasteiger partial charge in [0.25, 0.3) is 5.56 Å². The second kappa shape index (κ2) is 7.00. The fraction of sp³-hybridized carbons (Fsp3) is 0.300. The van der Waals surface area contributed by atoms with Crippen molar-refractivity contribution in [2.45, 2.75) is 43.5 Å². The lowest BCUT2D eigenvalue weighted by Gasteiger charge is -2.04. The summed E-state index contributed by atoms with van der Waals surface area (Å²) in [7, 11) is 0. The van der Waals surface area contributed by atoms with E-state index in [0.717, 1.165) is 39.5 Å². The van der Waals surface area contributed by atoms with Crippen LogP contribution in [0, 0.1) is 13.8 Å². The van der Waals surface area contributed by atoms with Crippen LogP contribution < -0.4 is 11.4 Å². The van der Waals surface area contributed by atoms with E-state index in [1.165, 1.54) is 17.3 Å². The van der Waals surface area contributed by atoms with Gasteiger partial charge >= 0.3 is 0 Å². The molecular formula is C20H20N6OS2. The number of thioether (sulfide) groups is 1. The highest BCUT2D eigenvalue weighted by molar-refractivity contribution is 7.98. The number of aryl methyl sites for hydroxylation is 2. The van der Waals surface area contributed by atoms with Crippen LogP contribution in [0.3, 0.4) is 0 Å². The van der Waals surface area contributed by atoms with E-state index in [1.807, 2.05) is 6.92 Å². The molecule has 0 bridgehead atoms. The monoisotopic (exact) mass is 424 g/mol. The van der Waals surface area contributed by atoms with Gasteiger partial charge in [0.2, 0.25) is 5.16 Å². The SMILES string of the molecule is Cc1ccc(-c2c(C)sc3nc(CSc4nnc(C5CC5)n4N)[nH]c(=O)c23)cc1. The van der Waals surface area contributed by atoms with Crippen molar-refractivity contribution in [3.05, 3.63) is 56.7 Å². The molecule has 4 aromatic rings. The Kier molecular flexibility index (Phi) is 4.44. The maximum atomic E-state index is 12.9. The number of nitrogens with two attached hydrogens (primary N) is 1. The first-order chi connectivity index (χ1) is 14.0. The van der Waals surface area contributed by atoms with Crippen LogP contribution in [0.2, 0.25) is 0 Å². The number of aromatic amines is 1. The zero-order chi connectivity index (χ0) is 20.1. The summed E-state index contributed by atoms with van der Waals surface area (Å²) in [5, 5.41) is 9.66. The number of nitrogens with zero attached hydrogens (tertiary/aromatic N) is 4. The first-order valence-corrected chi connectivity index (χ1v) is 11.2. The molecule has 0 atom stereocenters. The van der Waals surface area contributed by atoms with E-state index in [-0.39, 0.29) is 5.56 Å². The third-order valence-corrected chi connectivity index (χ3v) is 7.05. The van der Waals surface area contributed by atoms with Crippen molar-refractivity contribution in [1.82, 2.24) is 24.8 Å². The zero-order valence-electron chi connectivity index (χ0n) is 16.1. The number of hydrogen-bond donors (Lipinski definition) is 2. The van der Waals surface area contributed by atoms with Gasteiger partial charge in [0.1, 0.15) is 10.7 Å². The average Bonchev–Trinajstić information content (AvgIpc) is 3.38. The summed E-state index contributed by atoms with van der Waals surface area (Å²) in [5.74, 6) is 8.46. The molecule has 148 valence electrons. The van der Waals surface area contributed by atoms with Crippen LogP contribution in [0.1, 0.15) is 40.8 Å². The fourth-order valence-corrected chi connectivity index (χ4v) is 5.24. The number of nitrogens with one attached hydrogen (secondary N) is 1. The van der Waals surface area contributed by atoms with Crippen molar-refractivity contribution in [2.24, 2.45) is 0 Å². The summed E-state index contributed by atoms with van der Waals surface area (Å²) in [4.78, 5) is 22.4. The van der Waals surface area contributed by atoms with Gasteiger partial charge in [-0.05, 0) is 32.3 Å². The maximum Gasteiger partial charge on any atom is 0.260 e. The molecule has 1 aromatic carbocycles. The molecule has 0 aliphatic heterocycles. The molecule has 0 saturated heterocycles. The lowest BCUT2D eigenvalue weighted by molar-refractivity contribution is 0.789. The Balaban J connectivity index is 1.46. The molecule has 29 heavy (non-hydrogen) atoms. The van der Waals surface area contributed by atoms with Crippen LogP contribution >= 0.6 is 23.1 Å². The van der Waals surface area contributed by atoms with Crippen molar-refractivity contribution in [1.29, 1.82) is 0 Å². The second-order valence-corrected chi connectivity index (χ2v) is 9.51. The number of aromatic nitrogens is 5. The largest absolute Gasteiger partial charge is 0.336 e. The zero-order valence-corrected chi connectivity index (χ0v) is 17.7. The summed E-state index contributed by atoms with van der Waals surface area (Å²) in [6, 6.07) is 8.23. The molecule has 0 spiro atoms. The quantitative estimate of drug-likeness (QED) is 0.374. The molecule has 0 amide bonds. The van der Waals surface area contributed by atoms with Gasteiger partial charge < -0.3 is 10.8 Å². The Hall–Kier alpha value is -2.65. The highest BCUT2D eigenvalue weighted by Gasteiger charge is 2.30. The van der Waals surface area contributed by atoms with Gasteiger partial charge in [-0.2, -0.15) is 0 Å². The smallest absolute Gasteiger partial charge is 0.260 e. The molecule has 7 nitrogen and oxygen atoms in total. The second-order valence-electron chi connectivity index (χ2n) is 7.37. The van der Waals surface area contributed by atoms with Gasteiger partial charge in [0.15, 0.2) is 5.82 Å². The molecule has 1 fully saturated rings. The third kappa shape index (κ3) is 3.34. The van der Waals surface area contributed by atoms with Crippen LogP contribution in [0.15, 0.2) is 34.2 Å². The van der Waals surface area contributed by atoms with Gasteiger partial charge in [-0.25, -0.2) is 9.66 Å². The van der Waals surface area contributed by atoms with E-state index in [0.29, 0.717) is 28.0 Å². The van der Waals surface area contributed by atoms with Gasteiger partial charge in [-0.15, -0.1) is 21.5 Å². The minimum absolute atomic E-state index is 0.113. The van der Waals surface area contributed by atoms with Gasteiger partial charge in [-0.1, -0.05) is 41.6 Å². The minimum atomic E-state index is -0.113. The molecule has 9 heteroatoms. The highest BCUT2D eigenvalue weighted by Crippen LogP contribution is 2.39. The molecule has 3 heterocycles. The fourth-order valence-electron chi connectivity index (χ4n) is 3.44. The van der Waals surface area contributed by atoms with Gasteiger partial charge in [0, 0.05) is 16.4 Å². The molecular weight excluding hydrogens is 404 g/mol. The van der Waals surface area contributed by atoms with Crippen LogP contribution in [0.25, 0.3) is 21.3 Å². The third-order valence-electron chi connectivity index (χ3n) is 5.10. The summed E-state index contributed by atoms with van der Waals surface area (Å²) in [6.45, 7) is 4.09. The van der Waals surface area contributed by atoms with Crippen molar-refractivity contribution >= 4 is 33.3 Å². The van der Waals surface area contributed by atoms with E-state index in [9.17, 15) is 4.79 Å².